The summed E-state index contributed by atoms with van der Waals surface area (Å²) < 4.78 is 4.53. The predicted octanol–water partition coefficient (Wildman–Crippen LogP) is 0.104. The van der Waals surface area contributed by atoms with Crippen molar-refractivity contribution in [3.05, 3.63) is 0 Å². The van der Waals surface area contributed by atoms with Gasteiger partial charge >= 0.3 is 35.7 Å². The van der Waals surface area contributed by atoms with Gasteiger partial charge in [-0.1, -0.05) is 0 Å². The van der Waals surface area contributed by atoms with E-state index in [0.717, 1.165) is 0 Å². The van der Waals surface area contributed by atoms with Gasteiger partial charge in [0.2, 0.25) is 0 Å². The Bertz CT molecular complexity index is 69.4. The average molecular weight is 141 g/mol. The number of hydrogen-bond acceptors (Lipinski definition) is 2. The van der Waals surface area contributed by atoms with Gasteiger partial charge in [-0.25, -0.2) is 4.79 Å². The summed E-state index contributed by atoms with van der Waals surface area (Å²) in [5.74, 6) is 0. The SMILES string of the molecule is CCNC(=O)OCC.[NaH]. The first kappa shape index (κ1) is 12.0. The van der Waals surface area contributed by atoms with Crippen molar-refractivity contribution in [1.29, 1.82) is 0 Å². The minimum atomic E-state index is -0.338. The number of ether oxygens (including phenoxy) is 1. The molecule has 0 aliphatic carbocycles. The Hall–Kier alpha value is 0.270. The van der Waals surface area contributed by atoms with E-state index in [1.807, 2.05) is 6.92 Å². The molecule has 0 saturated heterocycles. The average Bonchev–Trinajstić information content (AvgIpc) is 1.68. The molecular formula is C5H12NNaO2. The molecule has 1 amide bonds. The van der Waals surface area contributed by atoms with E-state index in [1.54, 1.807) is 6.92 Å². The molecule has 0 aliphatic heterocycles. The number of nitrogens with one attached hydrogen (secondary N) is 1. The van der Waals surface area contributed by atoms with Crippen molar-refractivity contribution in [3.63, 3.8) is 0 Å². The molecule has 1 N–H and O–H groups in total. The number of alkyl carbamates (subject to hydrolysis) is 1. The van der Waals surface area contributed by atoms with E-state index in [1.165, 1.54) is 0 Å². The standard InChI is InChI=1S/C5H11NO2.Na.H/c1-3-6-5(7)8-4-2;;/h3-4H2,1-2H3,(H,6,7);;. The van der Waals surface area contributed by atoms with Crippen molar-refractivity contribution in [1.82, 2.24) is 5.32 Å². The summed E-state index contributed by atoms with van der Waals surface area (Å²) in [6.45, 7) is 4.68. The molecule has 0 rings (SSSR count). The van der Waals surface area contributed by atoms with Gasteiger partial charge in [0.25, 0.3) is 0 Å². The second-order valence-electron chi connectivity index (χ2n) is 1.25. The van der Waals surface area contributed by atoms with Crippen LogP contribution in [0.4, 0.5) is 4.79 Å². The zero-order chi connectivity index (χ0) is 6.41. The Kier molecular flexibility index (Phi) is 11.0. The fourth-order valence-electron chi connectivity index (χ4n) is 0.326. The van der Waals surface area contributed by atoms with Crippen molar-refractivity contribution < 1.29 is 9.53 Å². The molecule has 4 heteroatoms. The Balaban J connectivity index is 0. The first-order valence-corrected chi connectivity index (χ1v) is 2.71. The molecule has 0 radical (unpaired) electrons. The molecule has 0 bridgehead atoms. The monoisotopic (exact) mass is 141 g/mol. The zero-order valence-electron chi connectivity index (χ0n) is 5.23. The van der Waals surface area contributed by atoms with Crippen molar-refractivity contribution in [3.8, 4) is 0 Å². The van der Waals surface area contributed by atoms with Gasteiger partial charge < -0.3 is 10.1 Å². The minimum absolute atomic E-state index is 0. The second-order valence-corrected chi connectivity index (χ2v) is 1.25. The van der Waals surface area contributed by atoms with Crippen LogP contribution in [0, 0.1) is 0 Å². The van der Waals surface area contributed by atoms with E-state index in [0.29, 0.717) is 13.2 Å². The number of rotatable bonds is 2. The molecule has 0 heterocycles. The fourth-order valence-corrected chi connectivity index (χ4v) is 0.326. The molecule has 9 heavy (non-hydrogen) atoms. The number of carbonyl (C=O) groups excluding carboxylic acids is 1. The van der Waals surface area contributed by atoms with Gasteiger partial charge in [-0.05, 0) is 13.8 Å². The predicted molar refractivity (Wildman–Crippen MR) is 37.8 cm³/mol. The number of carbonyl (C=O) groups is 1. The van der Waals surface area contributed by atoms with Gasteiger partial charge in [0.15, 0.2) is 0 Å². The van der Waals surface area contributed by atoms with Crippen LogP contribution >= 0.6 is 0 Å². The third kappa shape index (κ3) is 8.27. The van der Waals surface area contributed by atoms with Gasteiger partial charge in [-0.3, -0.25) is 0 Å². The van der Waals surface area contributed by atoms with Crippen molar-refractivity contribution in [2.24, 2.45) is 0 Å². The van der Waals surface area contributed by atoms with Crippen molar-refractivity contribution in [2.75, 3.05) is 13.2 Å². The van der Waals surface area contributed by atoms with Gasteiger partial charge in [0.1, 0.15) is 0 Å². The molecule has 50 valence electrons. The van der Waals surface area contributed by atoms with E-state index in [-0.39, 0.29) is 35.7 Å². The van der Waals surface area contributed by atoms with Crippen LogP contribution in [0.15, 0.2) is 0 Å². The molecule has 0 aromatic heterocycles. The maximum absolute atomic E-state index is 10.3. The first-order chi connectivity index (χ1) is 3.81. The molecule has 3 nitrogen and oxygen atoms in total. The van der Waals surface area contributed by atoms with Gasteiger partial charge in [0, 0.05) is 6.54 Å². The molecule has 0 atom stereocenters. The summed E-state index contributed by atoms with van der Waals surface area (Å²) in [4.78, 5) is 10.3. The van der Waals surface area contributed by atoms with Gasteiger partial charge in [-0.2, -0.15) is 0 Å². The van der Waals surface area contributed by atoms with Gasteiger partial charge in [0.05, 0.1) is 6.61 Å². The molecule has 0 aromatic rings. The van der Waals surface area contributed by atoms with E-state index >= 15 is 0 Å². The van der Waals surface area contributed by atoms with E-state index in [9.17, 15) is 4.79 Å². The summed E-state index contributed by atoms with van der Waals surface area (Å²) in [5.41, 5.74) is 0. The number of hydrogen-bond donors (Lipinski definition) is 1. The summed E-state index contributed by atoms with van der Waals surface area (Å²) in [5, 5.41) is 2.49. The van der Waals surface area contributed by atoms with E-state index < -0.39 is 0 Å². The van der Waals surface area contributed by atoms with Crippen LogP contribution < -0.4 is 5.32 Å². The molecule has 0 unspecified atom stereocenters. The fraction of sp³-hybridized carbons (Fsp3) is 0.800. The molecule has 0 fully saturated rings. The van der Waals surface area contributed by atoms with Crippen LogP contribution in [0.2, 0.25) is 0 Å². The summed E-state index contributed by atoms with van der Waals surface area (Å²) >= 11 is 0. The molecule has 0 aromatic carbocycles. The molecular weight excluding hydrogens is 129 g/mol. The van der Waals surface area contributed by atoms with Crippen LogP contribution in [0.5, 0.6) is 0 Å². The van der Waals surface area contributed by atoms with Crippen LogP contribution in [-0.4, -0.2) is 48.8 Å². The van der Waals surface area contributed by atoms with E-state index in [4.69, 9.17) is 0 Å². The molecule has 0 saturated carbocycles. The van der Waals surface area contributed by atoms with Crippen LogP contribution in [-0.2, 0) is 4.74 Å². The number of amides is 1. The van der Waals surface area contributed by atoms with Crippen LogP contribution in [0.3, 0.4) is 0 Å². The van der Waals surface area contributed by atoms with Crippen LogP contribution in [0.25, 0.3) is 0 Å². The summed E-state index contributed by atoms with van der Waals surface area (Å²) in [7, 11) is 0. The second kappa shape index (κ2) is 8.27. The van der Waals surface area contributed by atoms with Crippen molar-refractivity contribution >= 4 is 35.7 Å². The maximum atomic E-state index is 10.3. The Morgan fingerprint density at radius 3 is 2.44 bits per heavy atom. The Morgan fingerprint density at radius 2 is 2.11 bits per heavy atom. The van der Waals surface area contributed by atoms with Crippen molar-refractivity contribution in [2.45, 2.75) is 13.8 Å². The quantitative estimate of drug-likeness (QED) is 0.554. The molecule has 0 aliphatic rings. The summed E-state index contributed by atoms with van der Waals surface area (Å²) in [6.07, 6.45) is -0.338. The van der Waals surface area contributed by atoms with E-state index in [2.05, 4.69) is 10.1 Å². The van der Waals surface area contributed by atoms with Crippen LogP contribution in [0.1, 0.15) is 13.8 Å². The topological polar surface area (TPSA) is 38.3 Å². The Labute approximate surface area is 77.4 Å². The normalized spacial score (nSPS) is 7.33. The Morgan fingerprint density at radius 1 is 1.56 bits per heavy atom. The zero-order valence-corrected chi connectivity index (χ0v) is 5.23. The van der Waals surface area contributed by atoms with Gasteiger partial charge in [-0.15, -0.1) is 0 Å². The third-order valence-electron chi connectivity index (χ3n) is 0.597. The summed E-state index contributed by atoms with van der Waals surface area (Å²) in [6, 6.07) is 0. The first-order valence-electron chi connectivity index (χ1n) is 2.71. The molecule has 0 spiro atoms. The third-order valence-corrected chi connectivity index (χ3v) is 0.597.